The Balaban J connectivity index is 0.00000324. The van der Waals surface area contributed by atoms with Crippen LogP contribution in [0.25, 0.3) is 10.9 Å². The molecule has 3 N–H and O–H groups in total. The summed E-state index contributed by atoms with van der Waals surface area (Å²) in [6, 6.07) is 7.77. The third-order valence-corrected chi connectivity index (χ3v) is 6.34. The molecule has 2 heterocycles. The van der Waals surface area contributed by atoms with E-state index in [0.717, 1.165) is 49.7 Å². The summed E-state index contributed by atoms with van der Waals surface area (Å²) in [5, 5.41) is 15.1. The van der Waals surface area contributed by atoms with E-state index in [0.29, 0.717) is 23.4 Å². The van der Waals surface area contributed by atoms with Crippen LogP contribution in [-0.2, 0) is 7.05 Å². The lowest BCUT2D eigenvalue weighted by Crippen LogP contribution is -2.37. The number of nitrogens with zero attached hydrogens (tertiary/aromatic N) is 3. The number of rotatable bonds is 8. The van der Waals surface area contributed by atoms with Gasteiger partial charge < -0.3 is 25.3 Å². The predicted octanol–water partition coefficient (Wildman–Crippen LogP) is 2.71. The van der Waals surface area contributed by atoms with Crippen molar-refractivity contribution in [2.75, 3.05) is 32.6 Å². The van der Waals surface area contributed by atoms with Crippen LogP contribution in [0.15, 0.2) is 41.5 Å². The molecule has 34 heavy (non-hydrogen) atoms. The third kappa shape index (κ3) is 5.60. The number of aryl methyl sites for hydroxylation is 1. The average Bonchev–Trinajstić information content (AvgIpc) is 3.25. The number of carbonyl (C=O) groups is 1. The van der Waals surface area contributed by atoms with E-state index in [1.165, 1.54) is 11.7 Å². The number of benzene rings is 1. The number of anilines is 1. The molecule has 9 nitrogen and oxygen atoms in total. The van der Waals surface area contributed by atoms with Crippen molar-refractivity contribution in [2.24, 2.45) is 7.05 Å². The zero-order valence-electron chi connectivity index (χ0n) is 19.8. The zero-order chi connectivity index (χ0) is 23.4. The molecule has 1 aliphatic carbocycles. The van der Waals surface area contributed by atoms with Crippen LogP contribution in [0, 0.1) is 0 Å². The highest BCUT2D eigenvalue weighted by Gasteiger charge is 2.24. The molecular formula is C24H33ClN6O3. The highest BCUT2D eigenvalue weighted by molar-refractivity contribution is 6.08. The maximum Gasteiger partial charge on any atom is 0.274 e. The summed E-state index contributed by atoms with van der Waals surface area (Å²) in [6.45, 7) is 1.96. The van der Waals surface area contributed by atoms with E-state index in [9.17, 15) is 9.59 Å². The van der Waals surface area contributed by atoms with Gasteiger partial charge in [0.05, 0.1) is 24.2 Å². The molecule has 1 fully saturated rings. The predicted molar refractivity (Wildman–Crippen MR) is 136 cm³/mol. The number of carbonyl (C=O) groups excluding carboxylic acids is 1. The van der Waals surface area contributed by atoms with Crippen LogP contribution in [-0.4, -0.2) is 53.5 Å². The van der Waals surface area contributed by atoms with Gasteiger partial charge in [0.25, 0.3) is 11.5 Å². The first kappa shape index (κ1) is 25.7. The number of amides is 1. The lowest BCUT2D eigenvalue weighted by molar-refractivity contribution is 0.102. The maximum atomic E-state index is 13.0. The van der Waals surface area contributed by atoms with E-state index in [4.69, 9.17) is 9.84 Å². The fourth-order valence-corrected chi connectivity index (χ4v) is 4.43. The summed E-state index contributed by atoms with van der Waals surface area (Å²) in [6.07, 6.45) is 8.01. The van der Waals surface area contributed by atoms with Crippen LogP contribution in [0.1, 0.15) is 42.1 Å². The fraction of sp³-hybridized carbons (Fsp3) is 0.458. The van der Waals surface area contributed by atoms with Crippen molar-refractivity contribution in [3.05, 3.63) is 52.6 Å². The van der Waals surface area contributed by atoms with Crippen LogP contribution in [0.5, 0.6) is 5.75 Å². The van der Waals surface area contributed by atoms with Gasteiger partial charge in [0.1, 0.15) is 11.4 Å². The molecule has 1 amide bonds. The average molecular weight is 489 g/mol. The molecule has 0 aliphatic heterocycles. The Morgan fingerprint density at radius 1 is 1.21 bits per heavy atom. The van der Waals surface area contributed by atoms with E-state index in [-0.39, 0.29) is 23.7 Å². The van der Waals surface area contributed by atoms with Gasteiger partial charge in [0.2, 0.25) is 0 Å². The summed E-state index contributed by atoms with van der Waals surface area (Å²) in [5.41, 5.74) is 1.11. The normalized spacial score (nSPS) is 17.9. The number of likely N-dealkylation sites (N-methyl/N-ethyl adjacent to an activating group) is 1. The van der Waals surface area contributed by atoms with Crippen LogP contribution >= 0.6 is 12.4 Å². The van der Waals surface area contributed by atoms with Crippen LogP contribution in [0.4, 0.5) is 5.69 Å². The molecule has 10 heteroatoms. The number of methoxy groups -OCH3 is 1. The first-order chi connectivity index (χ1) is 16.0. The standard InChI is InChI=1S/C24H32N6O3.ClH/c1-25-10-11-26-17-6-8-18(9-7-17)30-15-16-13-19(22(33-3)14-21(16)28-30)23(31)27-20-5-4-12-29(2)24(20)32;/h4-5,12-15,17-18,25-26H,6-11H2,1-3H3,(H,27,31);1H. The van der Waals surface area contributed by atoms with Gasteiger partial charge in [-0.05, 0) is 50.9 Å². The molecule has 4 rings (SSSR count). The Labute approximate surface area is 205 Å². The Kier molecular flexibility index (Phi) is 8.71. The fourth-order valence-electron chi connectivity index (χ4n) is 4.43. The molecule has 0 saturated heterocycles. The second-order valence-corrected chi connectivity index (χ2v) is 8.58. The number of ether oxygens (including phenoxy) is 1. The summed E-state index contributed by atoms with van der Waals surface area (Å²) < 4.78 is 8.93. The van der Waals surface area contributed by atoms with Gasteiger partial charge in [-0.3, -0.25) is 14.3 Å². The maximum absolute atomic E-state index is 13.0. The minimum absolute atomic E-state index is 0. The van der Waals surface area contributed by atoms with Gasteiger partial charge in [-0.1, -0.05) is 0 Å². The van der Waals surface area contributed by atoms with Gasteiger partial charge in [-0.15, -0.1) is 12.4 Å². The lowest BCUT2D eigenvalue weighted by Gasteiger charge is -2.29. The molecular weight excluding hydrogens is 456 g/mol. The second-order valence-electron chi connectivity index (χ2n) is 8.58. The van der Waals surface area contributed by atoms with Crippen LogP contribution in [0.2, 0.25) is 0 Å². The number of pyridine rings is 1. The van der Waals surface area contributed by atoms with E-state index < -0.39 is 5.91 Å². The largest absolute Gasteiger partial charge is 0.496 e. The molecule has 1 aliphatic rings. The van der Waals surface area contributed by atoms with Crippen LogP contribution < -0.4 is 26.2 Å². The monoisotopic (exact) mass is 488 g/mol. The lowest BCUT2D eigenvalue weighted by atomic mass is 9.91. The summed E-state index contributed by atoms with van der Waals surface area (Å²) in [7, 11) is 5.14. The Morgan fingerprint density at radius 2 is 1.97 bits per heavy atom. The second kappa shape index (κ2) is 11.5. The molecule has 0 unspecified atom stereocenters. The van der Waals surface area contributed by atoms with Gasteiger partial charge in [-0.2, -0.15) is 5.10 Å². The molecule has 0 atom stereocenters. The Morgan fingerprint density at radius 3 is 2.68 bits per heavy atom. The van der Waals surface area contributed by atoms with Gasteiger partial charge in [-0.25, -0.2) is 0 Å². The number of hydrogen-bond acceptors (Lipinski definition) is 6. The minimum atomic E-state index is -0.391. The van der Waals surface area contributed by atoms with E-state index in [1.807, 2.05) is 17.9 Å². The number of nitrogens with one attached hydrogen (secondary N) is 3. The summed E-state index contributed by atoms with van der Waals surface area (Å²) in [4.78, 5) is 25.2. The molecule has 184 valence electrons. The summed E-state index contributed by atoms with van der Waals surface area (Å²) >= 11 is 0. The molecule has 1 aromatic carbocycles. The zero-order valence-corrected chi connectivity index (χ0v) is 20.7. The highest BCUT2D eigenvalue weighted by atomic mass is 35.5. The van der Waals surface area contributed by atoms with Crippen molar-refractivity contribution in [1.29, 1.82) is 0 Å². The van der Waals surface area contributed by atoms with Crippen LogP contribution in [0.3, 0.4) is 0 Å². The SMILES string of the molecule is CNCCNC1CCC(n2cc3cc(C(=O)Nc4cccn(C)c4=O)c(OC)cc3n2)CC1.Cl. The van der Waals surface area contributed by atoms with E-state index >= 15 is 0 Å². The first-order valence-corrected chi connectivity index (χ1v) is 11.4. The number of halogens is 1. The van der Waals surface area contributed by atoms with Crippen molar-refractivity contribution >= 4 is 34.9 Å². The van der Waals surface area contributed by atoms with Crippen molar-refractivity contribution < 1.29 is 9.53 Å². The highest BCUT2D eigenvalue weighted by Crippen LogP contribution is 2.31. The Bertz CT molecular complexity index is 1180. The summed E-state index contributed by atoms with van der Waals surface area (Å²) in [5.74, 6) is 0.0356. The van der Waals surface area contributed by atoms with Crippen molar-refractivity contribution in [2.45, 2.75) is 37.8 Å². The number of hydrogen-bond donors (Lipinski definition) is 3. The van der Waals surface area contributed by atoms with Gasteiger partial charge in [0.15, 0.2) is 0 Å². The molecule has 2 aromatic heterocycles. The number of aromatic nitrogens is 3. The molecule has 3 aromatic rings. The molecule has 0 radical (unpaired) electrons. The first-order valence-electron chi connectivity index (χ1n) is 11.4. The minimum Gasteiger partial charge on any atom is -0.496 e. The molecule has 0 bridgehead atoms. The number of fused-ring (bicyclic) bond motifs is 1. The Hall–Kier alpha value is -2.88. The van der Waals surface area contributed by atoms with Crippen molar-refractivity contribution in [1.82, 2.24) is 25.0 Å². The van der Waals surface area contributed by atoms with E-state index in [1.54, 1.807) is 37.5 Å². The van der Waals surface area contributed by atoms with Crippen molar-refractivity contribution in [3.63, 3.8) is 0 Å². The van der Waals surface area contributed by atoms with Gasteiger partial charge in [0, 0.05) is 50.0 Å². The molecule has 0 spiro atoms. The smallest absolute Gasteiger partial charge is 0.274 e. The topological polar surface area (TPSA) is 102 Å². The van der Waals surface area contributed by atoms with Crippen molar-refractivity contribution in [3.8, 4) is 5.75 Å². The van der Waals surface area contributed by atoms with Gasteiger partial charge >= 0.3 is 0 Å². The third-order valence-electron chi connectivity index (χ3n) is 6.34. The van der Waals surface area contributed by atoms with E-state index in [2.05, 4.69) is 16.0 Å². The molecule has 1 saturated carbocycles. The quantitative estimate of drug-likeness (QED) is 0.421.